The largest absolute Gasteiger partial charge is 1.00 e. The van der Waals surface area contributed by atoms with E-state index < -0.39 is 45.9 Å². The molecule has 6 amide bonds. The zero-order chi connectivity index (χ0) is 72.3. The number of benzene rings is 4. The minimum Gasteiger partial charge on any atom is -1.00 e. The fraction of sp³-hybridized carbons (Fsp3) is 0.521. The summed E-state index contributed by atoms with van der Waals surface area (Å²) in [6.45, 7) is 31.9. The predicted molar refractivity (Wildman–Crippen MR) is 378 cm³/mol. The Labute approximate surface area is 617 Å². The van der Waals surface area contributed by atoms with Crippen LogP contribution in [-0.4, -0.2) is 129 Å². The Morgan fingerprint density at radius 1 is 0.604 bits per heavy atom. The molecule has 3 radical (unpaired) electrons. The number of hydrogen-bond acceptors (Lipinski definition) is 15. The number of nitrogens with zero attached hydrogens (tertiary/aromatic N) is 3. The Kier molecular flexibility index (Phi) is 26.4. The molecule has 9 heterocycles. The second-order valence-electron chi connectivity index (χ2n) is 29.9. The Bertz CT molecular complexity index is 3970. The van der Waals surface area contributed by atoms with Gasteiger partial charge >= 0.3 is 64.5 Å². The van der Waals surface area contributed by atoms with Gasteiger partial charge < -0.3 is 51.0 Å². The molecule has 0 bridgehead atoms. The van der Waals surface area contributed by atoms with E-state index >= 15 is 0 Å². The topological polar surface area (TPSA) is 262 Å². The molecule has 5 N–H and O–H groups in total. The summed E-state index contributed by atoms with van der Waals surface area (Å²) in [6.07, 6.45) is 7.72. The van der Waals surface area contributed by atoms with Crippen LogP contribution in [0.2, 0.25) is 0 Å². The number of amides is 6. The Morgan fingerprint density at radius 2 is 1.06 bits per heavy atom. The number of piperidine rings is 1. The molecule has 5 atom stereocenters. The molecule has 9 aliphatic rings. The number of ether oxygens (including phenoxy) is 2. The van der Waals surface area contributed by atoms with Crippen molar-refractivity contribution < 1.29 is 104 Å². The number of carbonyl (C=O) groups excluding carboxylic acids is 6. The van der Waals surface area contributed by atoms with Gasteiger partial charge in [-0.15, -0.1) is 0 Å². The van der Waals surface area contributed by atoms with E-state index in [2.05, 4.69) is 86.9 Å². The quantitative estimate of drug-likeness (QED) is 0.0688. The first-order valence-corrected chi connectivity index (χ1v) is 35.4. The van der Waals surface area contributed by atoms with Gasteiger partial charge in [-0.3, -0.25) is 29.1 Å². The predicted octanol–water partition coefficient (Wildman–Crippen LogP) is 8.62. The molecule has 21 nitrogen and oxygen atoms in total. The van der Waals surface area contributed by atoms with E-state index in [1.807, 2.05) is 97.0 Å². The molecule has 4 aromatic rings. The first-order chi connectivity index (χ1) is 46.2. The Morgan fingerprint density at radius 3 is 1.54 bits per heavy atom. The normalized spacial score (nSPS) is 22.2. The maximum Gasteiger partial charge on any atom is 1.00 e. The van der Waals surface area contributed by atoms with Gasteiger partial charge in [-0.05, 0) is 213 Å². The van der Waals surface area contributed by atoms with Gasteiger partial charge in [-0.2, -0.15) is 21.6 Å². The maximum absolute atomic E-state index is 12.6. The van der Waals surface area contributed by atoms with Crippen LogP contribution in [0.15, 0.2) is 95.8 Å². The molecule has 0 aromatic heterocycles. The average molecular weight is 1430 g/mol. The van der Waals surface area contributed by atoms with Crippen LogP contribution in [-0.2, 0) is 59.3 Å². The first kappa shape index (κ1) is 81.3. The van der Waals surface area contributed by atoms with Crippen LogP contribution in [0, 0.1) is 23.7 Å². The van der Waals surface area contributed by atoms with Crippen LogP contribution in [0.1, 0.15) is 223 Å². The number of alkyl halides is 3. The minimum atomic E-state index is -5.84. The molecule has 0 spiro atoms. The molecule has 5 unspecified atom stereocenters. The molecule has 2 fully saturated rings. The number of carbonyl (C=O) groups is 6. The van der Waals surface area contributed by atoms with Crippen molar-refractivity contribution in [1.29, 1.82) is 0 Å². The second kappa shape index (κ2) is 32.8. The molecular formula is C73H95B2F3N8NaO13S. The molecule has 2 saturated heterocycles. The van der Waals surface area contributed by atoms with E-state index in [1.54, 1.807) is 32.6 Å². The van der Waals surface area contributed by atoms with Crippen LogP contribution in [0.4, 0.5) is 22.8 Å². The molecule has 101 heavy (non-hydrogen) atoms. The Balaban J connectivity index is 0.000000200. The molecule has 539 valence electrons. The zero-order valence-electron chi connectivity index (χ0n) is 61.7. The summed E-state index contributed by atoms with van der Waals surface area (Å²) < 4.78 is 86.0. The summed E-state index contributed by atoms with van der Waals surface area (Å²) >= 11 is 0. The molecule has 4 aromatic carbocycles. The van der Waals surface area contributed by atoms with Crippen molar-refractivity contribution in [2.24, 2.45) is 28.7 Å². The van der Waals surface area contributed by atoms with E-state index in [1.165, 1.54) is 24.8 Å². The van der Waals surface area contributed by atoms with Crippen molar-refractivity contribution in [2.45, 2.75) is 196 Å². The van der Waals surface area contributed by atoms with Crippen LogP contribution < -0.4 is 61.6 Å². The van der Waals surface area contributed by atoms with Gasteiger partial charge in [0.25, 0.3) is 23.6 Å². The monoisotopic (exact) mass is 1430 g/mol. The van der Waals surface area contributed by atoms with E-state index in [0.29, 0.717) is 56.2 Å². The van der Waals surface area contributed by atoms with Crippen molar-refractivity contribution in [2.75, 3.05) is 26.2 Å². The van der Waals surface area contributed by atoms with Gasteiger partial charge in [0.2, 0.25) is 5.88 Å². The fourth-order valence-corrected chi connectivity index (χ4v) is 12.7. The smallest absolute Gasteiger partial charge is 1.00 e. The Hall–Kier alpha value is -7.00. The number of halogens is 3. The summed E-state index contributed by atoms with van der Waals surface area (Å²) in [6, 6.07) is 24.5. The number of allylic oxidation sites excluding steroid dienone is 2. The zero-order valence-corrected chi connectivity index (χ0v) is 63.5. The summed E-state index contributed by atoms with van der Waals surface area (Å²) in [5.74, 6) is 1.11. The molecule has 28 heteroatoms. The van der Waals surface area contributed by atoms with Crippen molar-refractivity contribution >= 4 is 78.3 Å². The third-order valence-corrected chi connectivity index (χ3v) is 19.5. The van der Waals surface area contributed by atoms with Gasteiger partial charge in [0.1, 0.15) is 11.2 Å². The average Bonchev–Trinajstić information content (AvgIpc) is 1.50. The van der Waals surface area contributed by atoms with Crippen LogP contribution in [0.3, 0.4) is 0 Å². The molecule has 9 aliphatic heterocycles. The standard InChI is InChI=1S/C19H24N2O3.C14H18BNO3.C14H18N2O.C14H16N2O.C12H18F3NO5S.B.Na.H/c1-12-5-8-16(21(11-12)18(23)24-19(2,3)4)13-6-7-14-10-20-17(22)15(14)9-13;1-13(2)14(3,4)19-15(18-13)10-6-5-9-8-16-12(17)11(9)7-10;2*1-9-2-5-13(15-7-9)10-3-4-11-8-16-14(17)12(11)6-10;1-8-5-6-9(21-22(18,19)12(13,14)15)16(7-8)10(17)20-11(2,3)4;;;/h6-9,12H,5,10-11H2,1-4H3,(H,20,22);5-7H,8H2,1-4H3,(H,16,17);3-4,6,9,13,15H,2,5,7-8H2,1H3,(H,16,17);3-4,6,9H,2,5,7-8H2,1H3,(H,16,17);6,8H,5,7H2,1-4H3;;;/q;;;;;;+1;-1. The molecule has 13 rings (SSSR count). The summed E-state index contributed by atoms with van der Waals surface area (Å²) in [7, 11) is -6.26. The van der Waals surface area contributed by atoms with E-state index in [0.717, 1.165) is 110 Å². The van der Waals surface area contributed by atoms with Crippen molar-refractivity contribution in [1.82, 2.24) is 36.4 Å². The van der Waals surface area contributed by atoms with E-state index in [4.69, 9.17) is 18.8 Å². The third-order valence-electron chi connectivity index (χ3n) is 18.6. The summed E-state index contributed by atoms with van der Waals surface area (Å²) in [4.78, 5) is 78.5. The second-order valence-corrected chi connectivity index (χ2v) is 31.5. The first-order valence-electron chi connectivity index (χ1n) is 33.9. The van der Waals surface area contributed by atoms with Gasteiger partial charge in [-0.25, -0.2) is 14.5 Å². The van der Waals surface area contributed by atoms with Crippen LogP contribution in [0.25, 0.3) is 5.70 Å². The third kappa shape index (κ3) is 20.5. The van der Waals surface area contributed by atoms with Gasteiger partial charge in [0, 0.05) is 88.2 Å². The fourth-order valence-electron chi connectivity index (χ4n) is 12.2. The number of rotatable bonds is 6. The van der Waals surface area contributed by atoms with Gasteiger partial charge in [0.15, 0.2) is 0 Å². The molecular weight excluding hydrogens is 1330 g/mol. The molecule has 0 saturated carbocycles. The van der Waals surface area contributed by atoms with Crippen LogP contribution in [0.5, 0.6) is 0 Å². The number of nitrogens with one attached hydrogen (secondary N) is 5. The maximum atomic E-state index is 12.6. The number of fused-ring (bicyclic) bond motifs is 4. The van der Waals surface area contributed by atoms with Crippen molar-refractivity contribution in [3.63, 3.8) is 0 Å². The van der Waals surface area contributed by atoms with Crippen LogP contribution >= 0.6 is 0 Å². The summed E-state index contributed by atoms with van der Waals surface area (Å²) in [5, 5.41) is 14.9. The van der Waals surface area contributed by atoms with E-state index in [-0.39, 0.29) is 99.2 Å². The van der Waals surface area contributed by atoms with Gasteiger partial charge in [0.05, 0.1) is 16.9 Å². The van der Waals surface area contributed by atoms with E-state index in [9.17, 15) is 50.4 Å². The molecule has 0 aliphatic carbocycles. The number of hydrogen-bond donors (Lipinski definition) is 5. The SMILES string of the molecule is CC1(C)OB(c2ccc3c(c2)C(=O)NC3)OC1(C)C.CC1CC=C(OS(=O)(=O)C(F)(F)F)N(C(=O)OC(C)(C)C)C1.CC1CC=C(c2ccc3c(c2)C(=O)NC3)N(C(=O)OC(C)(C)C)C1.CC1CCC(c2ccc3c(c2)C(=O)NC3)=NC1.CC1CCC(c2ccc3c(c2)C(=O)NC3)NC1.[B].[H-].[Na+]. The van der Waals surface area contributed by atoms with Crippen molar-refractivity contribution in [3.8, 4) is 0 Å². The summed E-state index contributed by atoms with van der Waals surface area (Å²) in [5.41, 5.74) is 5.78. The minimum absolute atomic E-state index is 0. The number of aliphatic imine (C=N–C) groups is 1. The van der Waals surface area contributed by atoms with Crippen molar-refractivity contribution in [3.05, 3.63) is 152 Å². The van der Waals surface area contributed by atoms with Gasteiger partial charge in [-0.1, -0.05) is 82.3 Å².